The Labute approximate surface area is 126 Å². The van der Waals surface area contributed by atoms with Crippen molar-refractivity contribution in [3.8, 4) is 5.75 Å². The minimum atomic E-state index is -0.676. The van der Waals surface area contributed by atoms with Gasteiger partial charge in [0.15, 0.2) is 0 Å². The van der Waals surface area contributed by atoms with Crippen molar-refractivity contribution in [1.29, 1.82) is 0 Å². The summed E-state index contributed by atoms with van der Waals surface area (Å²) in [5, 5.41) is 13.7. The molecule has 5 nitrogen and oxygen atoms in total. The van der Waals surface area contributed by atoms with Crippen LogP contribution >= 0.6 is 0 Å². The van der Waals surface area contributed by atoms with Crippen LogP contribution in [0.3, 0.4) is 0 Å². The summed E-state index contributed by atoms with van der Waals surface area (Å²) in [4.78, 5) is 11.2. The van der Waals surface area contributed by atoms with Crippen LogP contribution in [0.5, 0.6) is 5.75 Å². The van der Waals surface area contributed by atoms with Crippen LogP contribution in [0.2, 0.25) is 0 Å². The fraction of sp³-hybridized carbons (Fsp3) is 0.562. The monoisotopic (exact) mass is 295 g/mol. The summed E-state index contributed by atoms with van der Waals surface area (Å²) < 4.78 is 10.0. The van der Waals surface area contributed by atoms with Gasteiger partial charge in [0.1, 0.15) is 5.75 Å². The number of esters is 1. The Kier molecular flexibility index (Phi) is 7.79. The molecule has 21 heavy (non-hydrogen) atoms. The second-order valence-corrected chi connectivity index (χ2v) is 4.73. The molecular formula is C16H25NO4. The van der Waals surface area contributed by atoms with E-state index < -0.39 is 6.10 Å². The first-order chi connectivity index (χ1) is 10.1. The normalized spacial score (nSPS) is 13.5. The molecule has 0 saturated carbocycles. The number of hydrogen-bond donors (Lipinski definition) is 2. The van der Waals surface area contributed by atoms with E-state index in [1.807, 2.05) is 38.1 Å². The topological polar surface area (TPSA) is 67.8 Å². The van der Waals surface area contributed by atoms with E-state index in [0.717, 1.165) is 17.9 Å². The van der Waals surface area contributed by atoms with Crippen LogP contribution in [0.4, 0.5) is 0 Å². The van der Waals surface area contributed by atoms with E-state index in [9.17, 15) is 9.90 Å². The van der Waals surface area contributed by atoms with Gasteiger partial charge in [0, 0.05) is 12.5 Å². The third-order valence-electron chi connectivity index (χ3n) is 3.27. The molecule has 0 bridgehead atoms. The maximum Gasteiger partial charge on any atom is 0.305 e. The van der Waals surface area contributed by atoms with Gasteiger partial charge < -0.3 is 19.9 Å². The Bertz CT molecular complexity index is 419. The molecule has 1 aromatic carbocycles. The summed E-state index contributed by atoms with van der Waals surface area (Å²) in [7, 11) is 1.37. The zero-order chi connectivity index (χ0) is 15.7. The number of hydrogen-bond acceptors (Lipinski definition) is 5. The lowest BCUT2D eigenvalue weighted by atomic mass is 9.98. The molecule has 2 atom stereocenters. The molecule has 1 aromatic rings. The number of aliphatic hydroxyl groups excluding tert-OH is 1. The predicted octanol–water partition coefficient (Wildman–Crippen LogP) is 2.05. The number of methoxy groups -OCH3 is 1. The molecule has 0 heterocycles. The van der Waals surface area contributed by atoms with Gasteiger partial charge in [0.05, 0.1) is 19.8 Å². The molecule has 2 N–H and O–H groups in total. The van der Waals surface area contributed by atoms with Crippen LogP contribution in [0, 0.1) is 0 Å². The van der Waals surface area contributed by atoms with Gasteiger partial charge in [-0.2, -0.15) is 0 Å². The molecule has 118 valence electrons. The van der Waals surface area contributed by atoms with Gasteiger partial charge in [-0.05, 0) is 37.6 Å². The van der Waals surface area contributed by atoms with Gasteiger partial charge in [-0.25, -0.2) is 0 Å². The van der Waals surface area contributed by atoms with E-state index in [0.29, 0.717) is 13.0 Å². The van der Waals surface area contributed by atoms with Crippen molar-refractivity contribution in [1.82, 2.24) is 5.32 Å². The number of carbonyl (C=O) groups is 1. The van der Waals surface area contributed by atoms with E-state index in [2.05, 4.69) is 10.1 Å². The van der Waals surface area contributed by atoms with Crippen LogP contribution in [-0.4, -0.2) is 37.4 Å². The quantitative estimate of drug-likeness (QED) is 0.683. The van der Waals surface area contributed by atoms with E-state index in [4.69, 9.17) is 4.74 Å². The van der Waals surface area contributed by atoms with E-state index in [1.165, 1.54) is 7.11 Å². The van der Waals surface area contributed by atoms with E-state index in [-0.39, 0.29) is 18.4 Å². The zero-order valence-electron chi connectivity index (χ0n) is 13.0. The Morgan fingerprint density at radius 2 is 1.95 bits per heavy atom. The van der Waals surface area contributed by atoms with Crippen molar-refractivity contribution in [3.05, 3.63) is 29.8 Å². The first-order valence-corrected chi connectivity index (χ1v) is 7.33. The van der Waals surface area contributed by atoms with Crippen LogP contribution in [-0.2, 0) is 9.53 Å². The van der Waals surface area contributed by atoms with Gasteiger partial charge in [-0.3, -0.25) is 4.79 Å². The second-order valence-electron chi connectivity index (χ2n) is 4.73. The molecule has 0 fully saturated rings. The van der Waals surface area contributed by atoms with Crippen molar-refractivity contribution in [3.63, 3.8) is 0 Å². The van der Waals surface area contributed by atoms with Gasteiger partial charge in [0.2, 0.25) is 0 Å². The number of nitrogens with one attached hydrogen (secondary N) is 1. The molecule has 0 spiro atoms. The highest BCUT2D eigenvalue weighted by molar-refractivity contribution is 5.69. The van der Waals surface area contributed by atoms with Crippen molar-refractivity contribution in [2.75, 3.05) is 20.3 Å². The molecule has 0 aliphatic heterocycles. The Hall–Kier alpha value is -1.59. The lowest BCUT2D eigenvalue weighted by molar-refractivity contribution is -0.141. The molecule has 2 unspecified atom stereocenters. The van der Waals surface area contributed by atoms with Gasteiger partial charge in [-0.15, -0.1) is 0 Å². The number of benzene rings is 1. The standard InChI is InChI=1S/C16H25NO4/c1-4-17-14(10-11-15(18)20-3)16(19)12-6-8-13(9-7-12)21-5-2/h6-9,14,16-17,19H,4-5,10-11H2,1-3H3. The average Bonchev–Trinajstić information content (AvgIpc) is 2.51. The number of carbonyl (C=O) groups excluding carboxylic acids is 1. The molecule has 1 rings (SSSR count). The Morgan fingerprint density at radius 3 is 2.48 bits per heavy atom. The van der Waals surface area contributed by atoms with E-state index in [1.54, 1.807) is 0 Å². The van der Waals surface area contributed by atoms with Crippen LogP contribution in [0.15, 0.2) is 24.3 Å². The SMILES string of the molecule is CCNC(CCC(=O)OC)C(O)c1ccc(OCC)cc1. The molecule has 0 amide bonds. The molecule has 0 aliphatic rings. The number of rotatable bonds is 9. The second kappa shape index (κ2) is 9.37. The lowest BCUT2D eigenvalue weighted by Crippen LogP contribution is -2.35. The lowest BCUT2D eigenvalue weighted by Gasteiger charge is -2.24. The molecule has 0 saturated heterocycles. The maximum absolute atomic E-state index is 11.2. The molecule has 5 heteroatoms. The smallest absolute Gasteiger partial charge is 0.305 e. The molecule has 0 aliphatic carbocycles. The fourth-order valence-corrected chi connectivity index (χ4v) is 2.17. The van der Waals surface area contributed by atoms with Crippen molar-refractivity contribution in [2.24, 2.45) is 0 Å². The largest absolute Gasteiger partial charge is 0.494 e. The average molecular weight is 295 g/mol. The summed E-state index contributed by atoms with van der Waals surface area (Å²) in [6.07, 6.45) is 0.127. The zero-order valence-corrected chi connectivity index (χ0v) is 13.0. The van der Waals surface area contributed by atoms with Crippen LogP contribution in [0.1, 0.15) is 38.4 Å². The molecule has 0 radical (unpaired) electrons. The van der Waals surface area contributed by atoms with Gasteiger partial charge in [-0.1, -0.05) is 19.1 Å². The summed E-state index contributed by atoms with van der Waals surface area (Å²) >= 11 is 0. The summed E-state index contributed by atoms with van der Waals surface area (Å²) in [5.74, 6) is 0.514. The first-order valence-electron chi connectivity index (χ1n) is 7.33. The number of ether oxygens (including phenoxy) is 2. The fourth-order valence-electron chi connectivity index (χ4n) is 2.17. The van der Waals surface area contributed by atoms with Crippen molar-refractivity contribution < 1.29 is 19.4 Å². The Morgan fingerprint density at radius 1 is 1.29 bits per heavy atom. The first kappa shape index (κ1) is 17.5. The minimum absolute atomic E-state index is 0.188. The highest BCUT2D eigenvalue weighted by Crippen LogP contribution is 2.22. The maximum atomic E-state index is 11.2. The minimum Gasteiger partial charge on any atom is -0.494 e. The summed E-state index contributed by atoms with van der Waals surface area (Å²) in [6.45, 7) is 5.23. The predicted molar refractivity (Wildman–Crippen MR) is 81.3 cm³/mol. The highest BCUT2D eigenvalue weighted by Gasteiger charge is 2.21. The van der Waals surface area contributed by atoms with Crippen LogP contribution < -0.4 is 10.1 Å². The van der Waals surface area contributed by atoms with Gasteiger partial charge in [0.25, 0.3) is 0 Å². The highest BCUT2D eigenvalue weighted by atomic mass is 16.5. The summed E-state index contributed by atoms with van der Waals surface area (Å²) in [5.41, 5.74) is 0.800. The van der Waals surface area contributed by atoms with Gasteiger partial charge >= 0.3 is 5.97 Å². The third-order valence-corrected chi connectivity index (χ3v) is 3.27. The summed E-state index contributed by atoms with van der Waals surface area (Å²) in [6, 6.07) is 7.18. The third kappa shape index (κ3) is 5.73. The van der Waals surface area contributed by atoms with Crippen molar-refractivity contribution in [2.45, 2.75) is 38.8 Å². The van der Waals surface area contributed by atoms with Crippen LogP contribution in [0.25, 0.3) is 0 Å². The Balaban J connectivity index is 2.69. The molecule has 0 aromatic heterocycles. The number of aliphatic hydroxyl groups is 1. The van der Waals surface area contributed by atoms with E-state index >= 15 is 0 Å². The number of likely N-dealkylation sites (N-methyl/N-ethyl adjacent to an activating group) is 1. The van der Waals surface area contributed by atoms with Crippen molar-refractivity contribution >= 4 is 5.97 Å². The molecular weight excluding hydrogens is 270 g/mol.